The standard InChI is InChI=1S/C12H11BrN2O2/c1-8-6-15(12(17)14-11(8)16)7-9-3-2-4-10(13)5-9/h2-6H,7H2,1H3,(H,14,16,17). The highest BCUT2D eigenvalue weighted by Crippen LogP contribution is 2.12. The molecule has 4 nitrogen and oxygen atoms in total. The van der Waals surface area contributed by atoms with E-state index in [1.165, 1.54) is 4.57 Å². The van der Waals surface area contributed by atoms with Gasteiger partial charge < -0.3 is 0 Å². The SMILES string of the molecule is Cc1cn(Cc2cccc(Br)c2)c(=O)[nH]c1=O. The van der Waals surface area contributed by atoms with Gasteiger partial charge in [-0.3, -0.25) is 14.3 Å². The largest absolute Gasteiger partial charge is 0.328 e. The first-order valence-corrected chi connectivity index (χ1v) is 5.90. The van der Waals surface area contributed by atoms with Gasteiger partial charge in [0.2, 0.25) is 0 Å². The number of rotatable bonds is 2. The van der Waals surface area contributed by atoms with E-state index in [0.29, 0.717) is 12.1 Å². The normalized spacial score (nSPS) is 10.5. The maximum absolute atomic E-state index is 11.6. The van der Waals surface area contributed by atoms with Crippen molar-refractivity contribution >= 4 is 15.9 Å². The van der Waals surface area contributed by atoms with Crippen molar-refractivity contribution in [3.8, 4) is 0 Å². The zero-order valence-electron chi connectivity index (χ0n) is 9.24. The van der Waals surface area contributed by atoms with E-state index in [1.807, 2.05) is 24.3 Å². The monoisotopic (exact) mass is 294 g/mol. The lowest BCUT2D eigenvalue weighted by Crippen LogP contribution is -2.31. The Morgan fingerprint density at radius 2 is 2.12 bits per heavy atom. The van der Waals surface area contributed by atoms with Gasteiger partial charge in [0, 0.05) is 16.2 Å². The zero-order chi connectivity index (χ0) is 12.4. The van der Waals surface area contributed by atoms with Crippen LogP contribution in [0, 0.1) is 6.92 Å². The molecule has 1 aromatic carbocycles. The molecule has 2 rings (SSSR count). The Labute approximate surface area is 106 Å². The quantitative estimate of drug-likeness (QED) is 0.916. The van der Waals surface area contributed by atoms with Crippen molar-refractivity contribution in [2.24, 2.45) is 0 Å². The molecule has 0 atom stereocenters. The number of hydrogen-bond acceptors (Lipinski definition) is 2. The van der Waals surface area contributed by atoms with Gasteiger partial charge in [-0.15, -0.1) is 0 Å². The minimum absolute atomic E-state index is 0.333. The molecule has 0 aliphatic carbocycles. The first-order chi connectivity index (χ1) is 8.06. The van der Waals surface area contributed by atoms with Gasteiger partial charge in [0.15, 0.2) is 0 Å². The molecule has 1 heterocycles. The van der Waals surface area contributed by atoms with Gasteiger partial charge in [-0.25, -0.2) is 4.79 Å². The molecule has 0 saturated carbocycles. The van der Waals surface area contributed by atoms with Crippen molar-refractivity contribution < 1.29 is 0 Å². The predicted octanol–water partition coefficient (Wildman–Crippen LogP) is 1.66. The van der Waals surface area contributed by atoms with Gasteiger partial charge >= 0.3 is 5.69 Å². The van der Waals surface area contributed by atoms with E-state index in [4.69, 9.17) is 0 Å². The summed E-state index contributed by atoms with van der Waals surface area (Å²) in [5, 5.41) is 0. The minimum atomic E-state index is -0.388. The molecule has 17 heavy (non-hydrogen) atoms. The number of halogens is 1. The lowest BCUT2D eigenvalue weighted by molar-refractivity contribution is 0.713. The third-order valence-electron chi connectivity index (χ3n) is 2.43. The summed E-state index contributed by atoms with van der Waals surface area (Å²) in [6.45, 7) is 2.12. The van der Waals surface area contributed by atoms with E-state index in [1.54, 1.807) is 13.1 Å². The number of benzene rings is 1. The second-order valence-corrected chi connectivity index (χ2v) is 4.74. The third-order valence-corrected chi connectivity index (χ3v) is 2.92. The fourth-order valence-corrected chi connectivity index (χ4v) is 2.01. The number of hydrogen-bond donors (Lipinski definition) is 1. The van der Waals surface area contributed by atoms with Crippen molar-refractivity contribution in [1.82, 2.24) is 9.55 Å². The Morgan fingerprint density at radius 3 is 2.82 bits per heavy atom. The van der Waals surface area contributed by atoms with E-state index in [0.717, 1.165) is 10.0 Å². The Kier molecular flexibility index (Phi) is 3.28. The smallest absolute Gasteiger partial charge is 0.296 e. The van der Waals surface area contributed by atoms with Crippen molar-refractivity contribution in [2.75, 3.05) is 0 Å². The summed E-state index contributed by atoms with van der Waals surface area (Å²) in [5.41, 5.74) is 0.800. The predicted molar refractivity (Wildman–Crippen MR) is 69.3 cm³/mol. The highest BCUT2D eigenvalue weighted by atomic mass is 79.9. The maximum Gasteiger partial charge on any atom is 0.328 e. The van der Waals surface area contributed by atoms with Gasteiger partial charge in [-0.1, -0.05) is 28.1 Å². The molecule has 1 aromatic heterocycles. The van der Waals surface area contributed by atoms with Crippen LogP contribution < -0.4 is 11.2 Å². The molecule has 0 amide bonds. The van der Waals surface area contributed by atoms with Crippen LogP contribution in [0.25, 0.3) is 0 Å². The van der Waals surface area contributed by atoms with Gasteiger partial charge in [0.25, 0.3) is 5.56 Å². The molecule has 0 radical (unpaired) electrons. The van der Waals surface area contributed by atoms with Gasteiger partial charge in [0.05, 0.1) is 6.54 Å². The molecule has 2 aromatic rings. The van der Waals surface area contributed by atoms with E-state index < -0.39 is 0 Å². The molecule has 0 fully saturated rings. The fourth-order valence-electron chi connectivity index (χ4n) is 1.57. The molecule has 1 N–H and O–H groups in total. The van der Waals surface area contributed by atoms with Crippen molar-refractivity contribution in [3.05, 3.63) is 66.9 Å². The van der Waals surface area contributed by atoms with Crippen molar-refractivity contribution in [3.63, 3.8) is 0 Å². The molecule has 88 valence electrons. The number of aromatic amines is 1. The van der Waals surface area contributed by atoms with Crippen molar-refractivity contribution in [1.29, 1.82) is 0 Å². The lowest BCUT2D eigenvalue weighted by Gasteiger charge is -2.06. The Balaban J connectivity index is 2.40. The molecule has 0 unspecified atom stereocenters. The second-order valence-electron chi connectivity index (χ2n) is 3.83. The van der Waals surface area contributed by atoms with Crippen LogP contribution in [0.4, 0.5) is 0 Å². The summed E-state index contributed by atoms with van der Waals surface area (Å²) in [6, 6.07) is 7.69. The topological polar surface area (TPSA) is 54.9 Å². The summed E-state index contributed by atoms with van der Waals surface area (Å²) in [5.74, 6) is 0. The lowest BCUT2D eigenvalue weighted by atomic mass is 10.2. The first-order valence-electron chi connectivity index (χ1n) is 5.11. The van der Waals surface area contributed by atoms with Crippen LogP contribution in [-0.2, 0) is 6.54 Å². The minimum Gasteiger partial charge on any atom is -0.296 e. The molecule has 0 aliphatic heterocycles. The number of aromatic nitrogens is 2. The Hall–Kier alpha value is -1.62. The van der Waals surface area contributed by atoms with Crippen LogP contribution >= 0.6 is 15.9 Å². The van der Waals surface area contributed by atoms with E-state index in [2.05, 4.69) is 20.9 Å². The summed E-state index contributed by atoms with van der Waals surface area (Å²) in [7, 11) is 0. The molecule has 5 heteroatoms. The van der Waals surface area contributed by atoms with Crippen LogP contribution in [0.2, 0.25) is 0 Å². The summed E-state index contributed by atoms with van der Waals surface area (Å²) in [6.07, 6.45) is 1.57. The van der Waals surface area contributed by atoms with Crippen LogP contribution in [0.1, 0.15) is 11.1 Å². The molecule has 0 aliphatic rings. The van der Waals surface area contributed by atoms with Crippen LogP contribution in [0.15, 0.2) is 44.5 Å². The number of nitrogens with zero attached hydrogens (tertiary/aromatic N) is 1. The van der Waals surface area contributed by atoms with Crippen LogP contribution in [-0.4, -0.2) is 9.55 Å². The summed E-state index contributed by atoms with van der Waals surface area (Å²) >= 11 is 3.37. The average molecular weight is 295 g/mol. The van der Waals surface area contributed by atoms with E-state index in [9.17, 15) is 9.59 Å². The average Bonchev–Trinajstić information content (AvgIpc) is 2.26. The Bertz CT molecular complexity index is 658. The van der Waals surface area contributed by atoms with Gasteiger partial charge in [-0.05, 0) is 24.6 Å². The molecule has 0 bridgehead atoms. The highest BCUT2D eigenvalue weighted by Gasteiger charge is 2.02. The maximum atomic E-state index is 11.6. The first kappa shape index (κ1) is 11.9. The van der Waals surface area contributed by atoms with Crippen LogP contribution in [0.5, 0.6) is 0 Å². The third kappa shape index (κ3) is 2.74. The van der Waals surface area contributed by atoms with Gasteiger partial charge in [0.1, 0.15) is 0 Å². The fraction of sp³-hybridized carbons (Fsp3) is 0.167. The summed E-state index contributed by atoms with van der Waals surface area (Å²) < 4.78 is 2.45. The summed E-state index contributed by atoms with van der Waals surface area (Å²) in [4.78, 5) is 25.1. The molecule has 0 spiro atoms. The molecular weight excluding hydrogens is 284 g/mol. The highest BCUT2D eigenvalue weighted by molar-refractivity contribution is 9.10. The van der Waals surface area contributed by atoms with Crippen molar-refractivity contribution in [2.45, 2.75) is 13.5 Å². The van der Waals surface area contributed by atoms with E-state index >= 15 is 0 Å². The molecule has 0 saturated heterocycles. The number of nitrogens with one attached hydrogen (secondary N) is 1. The second kappa shape index (κ2) is 4.71. The van der Waals surface area contributed by atoms with Crippen LogP contribution in [0.3, 0.4) is 0 Å². The van der Waals surface area contributed by atoms with E-state index in [-0.39, 0.29) is 11.2 Å². The Morgan fingerprint density at radius 1 is 1.35 bits per heavy atom. The number of H-pyrrole nitrogens is 1. The zero-order valence-corrected chi connectivity index (χ0v) is 10.8. The van der Waals surface area contributed by atoms with Gasteiger partial charge in [-0.2, -0.15) is 0 Å². The molecular formula is C12H11BrN2O2. The number of aryl methyl sites for hydroxylation is 1.